The average Bonchev–Trinajstić information content (AvgIpc) is 3.04. The van der Waals surface area contributed by atoms with Gasteiger partial charge in [0.05, 0.1) is 17.7 Å². The Bertz CT molecular complexity index is 918. The minimum atomic E-state index is -2.59. The summed E-state index contributed by atoms with van der Waals surface area (Å²) in [7, 11) is 0. The highest BCUT2D eigenvalue weighted by atomic mass is 19.3. The standard InChI is InChI=1S/C19H21F2N5O2/c1-19(2,10-22)11-28-15-8-24-18(27-9-16(20)21)7-14(15)12-3-4-26-13(5-12)6-17(23)25-26/h3-4,6-8,12,16H,5,9,11H2,1-2H3,(H2,23,25). The molecule has 0 fully saturated rings. The SMILES string of the molecule is CC(C)(C#N)COc1cnc(OCC(F)F)cc1C1C=Cn2nc(N)cc2C1. The molecule has 2 aromatic rings. The number of nitrogens with zero attached hydrogens (tertiary/aromatic N) is 4. The molecule has 28 heavy (non-hydrogen) atoms. The molecule has 1 unspecified atom stereocenters. The zero-order valence-corrected chi connectivity index (χ0v) is 15.6. The summed E-state index contributed by atoms with van der Waals surface area (Å²) in [4.78, 5) is 4.06. The van der Waals surface area contributed by atoms with E-state index in [9.17, 15) is 14.0 Å². The maximum absolute atomic E-state index is 12.5. The van der Waals surface area contributed by atoms with Gasteiger partial charge in [0.15, 0.2) is 6.61 Å². The van der Waals surface area contributed by atoms with E-state index in [0.717, 1.165) is 11.3 Å². The monoisotopic (exact) mass is 389 g/mol. The van der Waals surface area contributed by atoms with Crippen molar-refractivity contribution in [1.82, 2.24) is 14.8 Å². The Hall–Kier alpha value is -3.15. The summed E-state index contributed by atoms with van der Waals surface area (Å²) in [5.74, 6) is 0.876. The predicted octanol–water partition coefficient (Wildman–Crippen LogP) is 3.24. The number of aromatic nitrogens is 3. The molecule has 2 N–H and O–H groups in total. The second-order valence-corrected chi connectivity index (χ2v) is 7.20. The smallest absolute Gasteiger partial charge is 0.272 e. The van der Waals surface area contributed by atoms with E-state index in [2.05, 4.69) is 16.2 Å². The lowest BCUT2D eigenvalue weighted by Gasteiger charge is -2.23. The average molecular weight is 389 g/mol. The molecule has 0 bridgehead atoms. The quantitative estimate of drug-likeness (QED) is 0.780. The van der Waals surface area contributed by atoms with Gasteiger partial charge >= 0.3 is 0 Å². The van der Waals surface area contributed by atoms with Gasteiger partial charge in [0.25, 0.3) is 6.43 Å². The van der Waals surface area contributed by atoms with E-state index in [1.807, 2.05) is 6.08 Å². The number of halogens is 2. The normalized spacial score (nSPS) is 15.9. The maximum Gasteiger partial charge on any atom is 0.272 e. The highest BCUT2D eigenvalue weighted by molar-refractivity contribution is 5.47. The van der Waals surface area contributed by atoms with Crippen molar-refractivity contribution in [2.24, 2.45) is 5.41 Å². The Morgan fingerprint density at radius 1 is 1.39 bits per heavy atom. The van der Waals surface area contributed by atoms with Crippen LogP contribution >= 0.6 is 0 Å². The van der Waals surface area contributed by atoms with E-state index in [1.165, 1.54) is 6.20 Å². The molecule has 9 heteroatoms. The van der Waals surface area contributed by atoms with E-state index in [1.54, 1.807) is 36.9 Å². The van der Waals surface area contributed by atoms with Crippen LogP contribution < -0.4 is 15.2 Å². The molecular weight excluding hydrogens is 368 g/mol. The van der Waals surface area contributed by atoms with Gasteiger partial charge in [-0.2, -0.15) is 10.4 Å². The molecular formula is C19H21F2N5O2. The first-order valence-electron chi connectivity index (χ1n) is 8.74. The van der Waals surface area contributed by atoms with Crippen LogP contribution in [-0.2, 0) is 6.42 Å². The molecule has 0 saturated heterocycles. The van der Waals surface area contributed by atoms with E-state index in [-0.39, 0.29) is 18.4 Å². The lowest BCUT2D eigenvalue weighted by Crippen LogP contribution is -2.20. The Balaban J connectivity index is 1.88. The Kier molecular flexibility index (Phi) is 5.49. The molecule has 0 aromatic carbocycles. The molecule has 7 nitrogen and oxygen atoms in total. The fourth-order valence-electron chi connectivity index (χ4n) is 2.79. The van der Waals surface area contributed by atoms with Crippen molar-refractivity contribution in [3.8, 4) is 17.7 Å². The van der Waals surface area contributed by atoms with Gasteiger partial charge in [-0.3, -0.25) is 0 Å². The van der Waals surface area contributed by atoms with Crippen LogP contribution in [0.15, 0.2) is 24.4 Å². The fourth-order valence-corrected chi connectivity index (χ4v) is 2.79. The second kappa shape index (κ2) is 7.84. The number of nitriles is 1. The van der Waals surface area contributed by atoms with Crippen LogP contribution in [-0.4, -0.2) is 34.4 Å². The van der Waals surface area contributed by atoms with Gasteiger partial charge in [-0.1, -0.05) is 6.08 Å². The van der Waals surface area contributed by atoms with Crippen molar-refractivity contribution >= 4 is 12.0 Å². The lowest BCUT2D eigenvalue weighted by atomic mass is 9.92. The fraction of sp³-hybridized carbons (Fsp3) is 0.421. The maximum atomic E-state index is 12.5. The first kappa shape index (κ1) is 19.6. The van der Waals surface area contributed by atoms with Crippen molar-refractivity contribution in [3.05, 3.63) is 35.7 Å². The van der Waals surface area contributed by atoms with Gasteiger partial charge in [-0.25, -0.2) is 18.4 Å². The van der Waals surface area contributed by atoms with E-state index in [4.69, 9.17) is 15.2 Å². The first-order valence-corrected chi connectivity index (χ1v) is 8.74. The molecule has 0 saturated carbocycles. The summed E-state index contributed by atoms with van der Waals surface area (Å²) in [5.41, 5.74) is 6.72. The van der Waals surface area contributed by atoms with Crippen LogP contribution in [0.2, 0.25) is 0 Å². The third-order valence-electron chi connectivity index (χ3n) is 4.24. The first-order chi connectivity index (χ1) is 13.3. The summed E-state index contributed by atoms with van der Waals surface area (Å²) in [6, 6.07) is 5.56. The number of rotatable bonds is 7. The van der Waals surface area contributed by atoms with Crippen LogP contribution in [0, 0.1) is 16.7 Å². The molecule has 3 rings (SSSR count). The van der Waals surface area contributed by atoms with Crippen LogP contribution in [0.3, 0.4) is 0 Å². The molecule has 0 spiro atoms. The number of allylic oxidation sites excluding steroid dienone is 1. The van der Waals surface area contributed by atoms with Crippen molar-refractivity contribution < 1.29 is 18.3 Å². The zero-order valence-electron chi connectivity index (χ0n) is 15.6. The molecule has 0 aliphatic carbocycles. The van der Waals surface area contributed by atoms with Gasteiger partial charge in [0.2, 0.25) is 5.88 Å². The van der Waals surface area contributed by atoms with Crippen molar-refractivity contribution in [2.75, 3.05) is 18.9 Å². The van der Waals surface area contributed by atoms with E-state index >= 15 is 0 Å². The van der Waals surface area contributed by atoms with Gasteiger partial charge in [0.1, 0.15) is 18.2 Å². The van der Waals surface area contributed by atoms with Gasteiger partial charge in [0, 0.05) is 41.9 Å². The second-order valence-electron chi connectivity index (χ2n) is 7.20. The molecule has 1 aliphatic heterocycles. The highest BCUT2D eigenvalue weighted by Gasteiger charge is 2.24. The van der Waals surface area contributed by atoms with Crippen LogP contribution in [0.25, 0.3) is 6.20 Å². The third-order valence-corrected chi connectivity index (χ3v) is 4.24. The van der Waals surface area contributed by atoms with Gasteiger partial charge in [-0.15, -0.1) is 0 Å². The molecule has 3 heterocycles. The molecule has 2 aromatic heterocycles. The number of pyridine rings is 1. The van der Waals surface area contributed by atoms with E-state index in [0.29, 0.717) is 18.0 Å². The molecule has 1 atom stereocenters. The number of hydrogen-bond acceptors (Lipinski definition) is 6. The number of nitrogen functional groups attached to an aromatic ring is 1. The van der Waals surface area contributed by atoms with Gasteiger partial charge < -0.3 is 15.2 Å². The lowest BCUT2D eigenvalue weighted by molar-refractivity contribution is 0.0794. The molecule has 1 aliphatic rings. The Labute approximate surface area is 161 Å². The number of nitrogens with two attached hydrogens (primary N) is 1. The van der Waals surface area contributed by atoms with Crippen LogP contribution in [0.5, 0.6) is 11.6 Å². The van der Waals surface area contributed by atoms with Crippen LogP contribution in [0.1, 0.15) is 31.0 Å². The van der Waals surface area contributed by atoms with Crippen molar-refractivity contribution in [2.45, 2.75) is 32.6 Å². The minimum Gasteiger partial charge on any atom is -0.490 e. The zero-order chi connectivity index (χ0) is 20.3. The van der Waals surface area contributed by atoms with Gasteiger partial charge in [-0.05, 0) is 13.8 Å². The van der Waals surface area contributed by atoms with Crippen LogP contribution in [0.4, 0.5) is 14.6 Å². The highest BCUT2D eigenvalue weighted by Crippen LogP contribution is 2.35. The number of anilines is 1. The summed E-state index contributed by atoms with van der Waals surface area (Å²) in [5, 5.41) is 13.4. The van der Waals surface area contributed by atoms with Crippen molar-refractivity contribution in [1.29, 1.82) is 5.26 Å². The number of ether oxygens (including phenoxy) is 2. The summed E-state index contributed by atoms with van der Waals surface area (Å²) >= 11 is 0. The largest absolute Gasteiger partial charge is 0.490 e. The summed E-state index contributed by atoms with van der Waals surface area (Å²) in [6.45, 7) is 2.96. The predicted molar refractivity (Wildman–Crippen MR) is 99.0 cm³/mol. The molecule has 0 radical (unpaired) electrons. The molecule has 148 valence electrons. The third kappa shape index (κ3) is 4.57. The topological polar surface area (TPSA) is 99.0 Å². The number of fused-ring (bicyclic) bond motifs is 1. The van der Waals surface area contributed by atoms with Crippen molar-refractivity contribution in [3.63, 3.8) is 0 Å². The Morgan fingerprint density at radius 3 is 2.89 bits per heavy atom. The van der Waals surface area contributed by atoms with E-state index < -0.39 is 18.4 Å². The summed E-state index contributed by atoms with van der Waals surface area (Å²) < 4.78 is 37.6. The number of hydrogen-bond donors (Lipinski definition) is 1. The Morgan fingerprint density at radius 2 is 2.18 bits per heavy atom. The molecule has 0 amide bonds. The number of alkyl halides is 2. The minimum absolute atomic E-state index is 0.0918. The summed E-state index contributed by atoms with van der Waals surface area (Å²) in [6.07, 6.45) is 3.16.